The lowest BCUT2D eigenvalue weighted by molar-refractivity contribution is -0.153. The smallest absolute Gasteiger partial charge is 0.336 e. The molecule has 4 heterocycles. The number of carboxylic acids is 3. The zero-order valence-electron chi connectivity index (χ0n) is 46.1. The van der Waals surface area contributed by atoms with E-state index in [0.29, 0.717) is 96.2 Å². The number of allylic oxidation sites excluding steroid dienone is 2. The van der Waals surface area contributed by atoms with E-state index in [1.54, 1.807) is 115 Å². The number of ether oxygens (including phenoxy) is 1. The average molecular weight is 1180 g/mol. The highest BCUT2D eigenvalue weighted by atomic mass is 35.5. The number of nitrogen functional groups attached to an aromatic ring is 1. The van der Waals surface area contributed by atoms with Crippen molar-refractivity contribution in [3.63, 3.8) is 0 Å². The van der Waals surface area contributed by atoms with E-state index < -0.39 is 17.9 Å². The van der Waals surface area contributed by atoms with Crippen LogP contribution in [0.1, 0.15) is 49.5 Å². The van der Waals surface area contributed by atoms with Gasteiger partial charge in [0, 0.05) is 97.9 Å². The fraction of sp³-hybridized carbons (Fsp3) is 0.0714. The second-order valence-corrected chi connectivity index (χ2v) is 20.4. The third kappa shape index (κ3) is 12.2. The van der Waals surface area contributed by atoms with Gasteiger partial charge in [0.2, 0.25) is 0 Å². The first-order chi connectivity index (χ1) is 41.5. The summed E-state index contributed by atoms with van der Waals surface area (Å²) in [5.74, 6) is -1.36. The Morgan fingerprint density at radius 3 is 1.45 bits per heavy atom. The summed E-state index contributed by atoms with van der Waals surface area (Å²) in [5.41, 5.74) is 15.2. The van der Waals surface area contributed by atoms with E-state index in [9.17, 15) is 49.2 Å². The van der Waals surface area contributed by atoms with Gasteiger partial charge in [-0.2, -0.15) is 0 Å². The minimum Gasteiger partial charge on any atom is -0.508 e. The van der Waals surface area contributed by atoms with Crippen molar-refractivity contribution in [2.45, 2.75) is 25.9 Å². The highest BCUT2D eigenvalue weighted by Gasteiger charge is 2.28. The molecule has 0 aromatic heterocycles. The van der Waals surface area contributed by atoms with Gasteiger partial charge >= 0.3 is 23.9 Å². The molecule has 17 heteroatoms. The molecular weight excluding hydrogens is 1130 g/mol. The van der Waals surface area contributed by atoms with Crippen LogP contribution < -0.4 is 21.9 Å². The van der Waals surface area contributed by atoms with E-state index in [-0.39, 0.29) is 57.8 Å². The van der Waals surface area contributed by atoms with E-state index in [1.165, 1.54) is 42.5 Å². The molecule has 8 aliphatic rings. The number of anilines is 1. The van der Waals surface area contributed by atoms with Crippen molar-refractivity contribution >= 4 is 74.9 Å². The van der Waals surface area contributed by atoms with Gasteiger partial charge in [-0.3, -0.25) is 14.4 Å². The molecular formula is C70H51ClN2O14. The molecule has 0 bridgehead atoms. The predicted octanol–water partition coefficient (Wildman–Crippen LogP) is 14.4. The Balaban J connectivity index is 0.000000132. The quantitative estimate of drug-likeness (QED) is 0.0513. The molecule has 2 atom stereocenters. The number of fused-ring (bicyclic) bond motifs is 7. The summed E-state index contributed by atoms with van der Waals surface area (Å²) in [5, 5.41) is 48.8. The number of esters is 1. The molecule has 0 amide bonds. The highest BCUT2D eigenvalue weighted by molar-refractivity contribution is 6.10. The van der Waals surface area contributed by atoms with Gasteiger partial charge in [-0.15, -0.1) is 12.4 Å². The predicted molar refractivity (Wildman–Crippen MR) is 333 cm³/mol. The molecule has 2 unspecified atom stereocenters. The summed E-state index contributed by atoms with van der Waals surface area (Å²) >= 11 is 0. The van der Waals surface area contributed by atoms with Crippen LogP contribution in [0, 0.1) is 18.3 Å². The second-order valence-electron chi connectivity index (χ2n) is 20.4. The topological polar surface area (TPSA) is 282 Å². The second kappa shape index (κ2) is 24.8. The number of hydrogen-bond acceptors (Lipinski definition) is 13. The Kier molecular flexibility index (Phi) is 16.8. The third-order valence-corrected chi connectivity index (χ3v) is 14.7. The molecule has 0 spiro atoms. The van der Waals surface area contributed by atoms with E-state index >= 15 is 0 Å². The first-order valence-electron chi connectivity index (χ1n) is 27.0. The summed E-state index contributed by atoms with van der Waals surface area (Å²) < 4.78 is 22.7. The minimum atomic E-state index is -1.04. The normalized spacial score (nSPS) is 13.9. The summed E-state index contributed by atoms with van der Waals surface area (Å²) in [6.45, 7) is 1.95. The molecule has 0 saturated carbocycles. The number of phenols is 1. The standard InChI is InChI=1S/C21H14O4.C20H14N2O3.C20H12O5.C9H10O2.ClH/c1-12-6-8-16-18(10-12)25-19-11-13(22)7-9-17(19)20(16)14-4-2-3-5-15(14)21(23)24;2*21-11-5-7-15-17(9-11)25-18-10-12(22)6-8-16(18)19(15)13-3-1-2-4-14(13)20(23)24;10-9-6-5-7-3-1-2-4-8(7)11-9;/h2-11H,1H3,(H,23,24);1-10,21H,22H2,(H,23,24);1-10,21H,(H,23,24);1-4,7-8H,5-6H2;1H. The zero-order valence-corrected chi connectivity index (χ0v) is 46.9. The highest BCUT2D eigenvalue weighted by Crippen LogP contribution is 2.45. The number of hydrogen-bond donors (Lipinski definition) is 6. The van der Waals surface area contributed by atoms with Crippen molar-refractivity contribution < 1.29 is 57.6 Å². The van der Waals surface area contributed by atoms with Crippen molar-refractivity contribution in [2.24, 2.45) is 5.92 Å². The molecule has 1 saturated heterocycles. The van der Waals surface area contributed by atoms with Crippen LogP contribution in [-0.4, -0.2) is 50.4 Å². The number of carboxylic acid groups (broad SMARTS) is 3. The lowest BCUT2D eigenvalue weighted by Crippen LogP contribution is -2.30. The van der Waals surface area contributed by atoms with Gasteiger partial charge in [-0.05, 0) is 127 Å². The summed E-state index contributed by atoms with van der Waals surface area (Å²) in [6.07, 6.45) is 9.52. The maximum absolute atomic E-state index is 11.8. The van der Waals surface area contributed by atoms with Gasteiger partial charge in [0.25, 0.3) is 0 Å². The van der Waals surface area contributed by atoms with Crippen molar-refractivity contribution in [2.75, 3.05) is 5.73 Å². The van der Waals surface area contributed by atoms with Crippen LogP contribution in [0.2, 0.25) is 0 Å². The maximum Gasteiger partial charge on any atom is 0.336 e. The van der Waals surface area contributed by atoms with Crippen LogP contribution in [0.4, 0.5) is 5.69 Å². The van der Waals surface area contributed by atoms with E-state index in [2.05, 4.69) is 6.08 Å². The number of nitrogens with one attached hydrogen (secondary N) is 1. The van der Waals surface area contributed by atoms with Crippen LogP contribution >= 0.6 is 12.4 Å². The van der Waals surface area contributed by atoms with Crippen LogP contribution in [0.3, 0.4) is 0 Å². The number of benzene rings is 9. The number of aromatic carboxylic acids is 3. The largest absolute Gasteiger partial charge is 0.508 e. The molecule has 432 valence electrons. The monoisotopic (exact) mass is 1180 g/mol. The number of aromatic hydroxyl groups is 1. The first-order valence-corrected chi connectivity index (χ1v) is 27.0. The fourth-order valence-corrected chi connectivity index (χ4v) is 10.8. The molecule has 4 aliphatic carbocycles. The minimum absolute atomic E-state index is 0. The van der Waals surface area contributed by atoms with E-state index in [1.807, 2.05) is 49.4 Å². The Morgan fingerprint density at radius 2 is 0.931 bits per heavy atom. The molecule has 14 rings (SSSR count). The fourth-order valence-electron chi connectivity index (χ4n) is 10.8. The Hall–Kier alpha value is -11.4. The lowest BCUT2D eigenvalue weighted by atomic mass is 9.90. The van der Waals surface area contributed by atoms with Crippen LogP contribution in [-0.2, 0) is 9.53 Å². The van der Waals surface area contributed by atoms with Gasteiger partial charge in [0.05, 0.1) is 22.0 Å². The Labute approximate surface area is 500 Å². The molecule has 16 nitrogen and oxygen atoms in total. The van der Waals surface area contributed by atoms with Gasteiger partial charge in [-0.25, -0.2) is 14.4 Å². The van der Waals surface area contributed by atoms with Gasteiger partial charge in [0.1, 0.15) is 45.9 Å². The van der Waals surface area contributed by atoms with Crippen molar-refractivity contribution in [3.05, 3.63) is 254 Å². The van der Waals surface area contributed by atoms with Gasteiger partial charge in [0.15, 0.2) is 10.9 Å². The van der Waals surface area contributed by atoms with Crippen molar-refractivity contribution in [3.8, 4) is 73.1 Å². The number of carbonyl (C=O) groups excluding carboxylic acids is 1. The van der Waals surface area contributed by atoms with Crippen molar-refractivity contribution in [1.82, 2.24) is 0 Å². The summed E-state index contributed by atoms with van der Waals surface area (Å²) in [4.78, 5) is 69.4. The summed E-state index contributed by atoms with van der Waals surface area (Å²) in [6, 6.07) is 50.1. The molecule has 6 aromatic carbocycles. The molecule has 0 radical (unpaired) electrons. The molecule has 87 heavy (non-hydrogen) atoms. The van der Waals surface area contributed by atoms with E-state index in [4.69, 9.17) is 29.1 Å². The zero-order chi connectivity index (χ0) is 60.3. The van der Waals surface area contributed by atoms with E-state index in [0.717, 1.165) is 39.4 Å². The molecule has 7 N–H and O–H groups in total. The third-order valence-electron chi connectivity index (χ3n) is 14.7. The molecule has 1 fully saturated rings. The van der Waals surface area contributed by atoms with Crippen LogP contribution in [0.25, 0.3) is 100 Å². The van der Waals surface area contributed by atoms with Crippen LogP contribution in [0.15, 0.2) is 229 Å². The number of nitrogens with two attached hydrogens (primary N) is 1. The number of carbonyl (C=O) groups is 4. The number of phenolic OH excluding ortho intramolecular Hbond substituents is 1. The number of aryl methyl sites for hydroxylation is 1. The van der Waals surface area contributed by atoms with Gasteiger partial charge in [-0.1, -0.05) is 85.0 Å². The molecule has 4 aliphatic heterocycles. The lowest BCUT2D eigenvalue weighted by Gasteiger charge is -2.28. The SMILES string of the molecule is Cc1ccc2c(-c3ccccc3C(=O)O)c3ccc(=O)cc-3oc2c1.Cl.N=c1ccc2c(-c3ccccc3C(=O)O)c3ccc(N)cc3oc-2c1.O=C(O)c1ccccc1-c1c2ccc(=O)cc-2oc2cc(O)ccc12.O=C1CCC2C=CC=CC2O1. The van der Waals surface area contributed by atoms with Gasteiger partial charge < -0.3 is 49.6 Å². The number of rotatable bonds is 6. The average Bonchev–Trinajstić information content (AvgIpc) is 0.958. The number of halogens is 1. The maximum atomic E-state index is 11.8. The Morgan fingerprint density at radius 1 is 0.494 bits per heavy atom. The van der Waals surface area contributed by atoms with Crippen LogP contribution in [0.5, 0.6) is 5.75 Å². The summed E-state index contributed by atoms with van der Waals surface area (Å²) in [7, 11) is 0. The van der Waals surface area contributed by atoms with Crippen molar-refractivity contribution in [1.29, 1.82) is 5.41 Å². The first kappa shape index (κ1) is 58.8. The molecule has 6 aromatic rings. The Bertz CT molecular complexity index is 4400.